The van der Waals surface area contributed by atoms with Crippen molar-refractivity contribution in [3.05, 3.63) is 24.0 Å². The van der Waals surface area contributed by atoms with Crippen LogP contribution >= 0.6 is 0 Å². The summed E-state index contributed by atoms with van der Waals surface area (Å²) in [6, 6.07) is 0. The van der Waals surface area contributed by atoms with Crippen molar-refractivity contribution in [2.24, 2.45) is 0 Å². The molecule has 0 atom stereocenters. The van der Waals surface area contributed by atoms with E-state index in [1.165, 1.54) is 11.4 Å². The van der Waals surface area contributed by atoms with Crippen LogP contribution in [0.5, 0.6) is 0 Å². The lowest BCUT2D eigenvalue weighted by Gasteiger charge is -2.20. The molecule has 0 aromatic carbocycles. The van der Waals surface area contributed by atoms with E-state index in [9.17, 15) is 8.42 Å². The van der Waals surface area contributed by atoms with Crippen molar-refractivity contribution in [1.82, 2.24) is 14.5 Å². The third-order valence-electron chi connectivity index (χ3n) is 2.54. The number of nitrogens with zero attached hydrogens (tertiary/aromatic N) is 2. The number of hydrogen-bond acceptors (Lipinski definition) is 4. The van der Waals surface area contributed by atoms with Gasteiger partial charge in [0.05, 0.1) is 18.0 Å². The van der Waals surface area contributed by atoms with E-state index in [2.05, 4.69) is 16.8 Å². The van der Waals surface area contributed by atoms with E-state index in [-0.39, 0.29) is 18.0 Å². The highest BCUT2D eigenvalue weighted by Gasteiger charge is 2.28. The van der Waals surface area contributed by atoms with E-state index in [0.717, 1.165) is 0 Å². The molecule has 1 aromatic heterocycles. The first-order valence-electron chi connectivity index (χ1n) is 5.56. The molecule has 1 rings (SSSR count). The Bertz CT molecular complexity index is 488. The number of hydrogen-bond donors (Lipinski definition) is 1. The zero-order valence-electron chi connectivity index (χ0n) is 10.9. The molecule has 0 fully saturated rings. The molecule has 0 amide bonds. The van der Waals surface area contributed by atoms with Crippen LogP contribution in [0.15, 0.2) is 17.6 Å². The van der Waals surface area contributed by atoms with Crippen molar-refractivity contribution in [1.29, 1.82) is 0 Å². The van der Waals surface area contributed by atoms with Crippen LogP contribution in [0.3, 0.4) is 0 Å². The molecule has 0 spiro atoms. The van der Waals surface area contributed by atoms with Gasteiger partial charge in [-0.2, -0.15) is 9.40 Å². The second kappa shape index (κ2) is 6.12. The zero-order chi connectivity index (χ0) is 13.8. The first-order chi connectivity index (χ1) is 8.45. The van der Waals surface area contributed by atoms with Crippen LogP contribution in [-0.2, 0) is 14.8 Å². The maximum absolute atomic E-state index is 12.5. The van der Waals surface area contributed by atoms with Crippen molar-refractivity contribution in [2.75, 3.05) is 26.8 Å². The molecule has 102 valence electrons. The molecule has 0 aliphatic carbocycles. The molecule has 7 heteroatoms. The Morgan fingerprint density at radius 2 is 2.17 bits per heavy atom. The number of H-pyrrole nitrogens is 1. The lowest BCUT2D eigenvalue weighted by atomic mass is 10.4. The summed E-state index contributed by atoms with van der Waals surface area (Å²) in [7, 11) is -2.03. The van der Waals surface area contributed by atoms with Crippen LogP contribution in [0.2, 0.25) is 0 Å². The highest BCUT2D eigenvalue weighted by atomic mass is 32.2. The Balaban J connectivity index is 3.12. The highest BCUT2D eigenvalue weighted by Crippen LogP contribution is 2.21. The fourth-order valence-electron chi connectivity index (χ4n) is 1.70. The molecule has 0 aliphatic heterocycles. The molecule has 6 nitrogen and oxygen atoms in total. The zero-order valence-corrected chi connectivity index (χ0v) is 11.7. The topological polar surface area (TPSA) is 75.3 Å². The number of rotatable bonds is 7. The summed E-state index contributed by atoms with van der Waals surface area (Å²) in [5, 5.41) is 6.60. The first-order valence-corrected chi connectivity index (χ1v) is 7.00. The van der Waals surface area contributed by atoms with E-state index in [4.69, 9.17) is 4.74 Å². The predicted molar refractivity (Wildman–Crippen MR) is 68.9 cm³/mol. The highest BCUT2D eigenvalue weighted by molar-refractivity contribution is 7.89. The average molecular weight is 273 g/mol. The minimum Gasteiger partial charge on any atom is -0.383 e. The maximum Gasteiger partial charge on any atom is 0.247 e. The third kappa shape index (κ3) is 2.98. The average Bonchev–Trinajstić information content (AvgIpc) is 2.64. The maximum atomic E-state index is 12.5. The Morgan fingerprint density at radius 1 is 1.50 bits per heavy atom. The second-order valence-corrected chi connectivity index (χ2v) is 5.78. The Hall–Kier alpha value is -1.18. The molecule has 1 heterocycles. The first kappa shape index (κ1) is 14.9. The fraction of sp³-hybridized carbons (Fsp3) is 0.545. The van der Waals surface area contributed by atoms with Crippen molar-refractivity contribution >= 4 is 10.0 Å². The lowest BCUT2D eigenvalue weighted by Crippen LogP contribution is -2.34. The standard InChI is InChI=1S/C11H19N3O3S/c1-5-6-14(7-8-17-4)18(15,16)11-9(2)12-13-10(11)3/h5H,1,6-8H2,2-4H3,(H,12,13). The molecule has 0 radical (unpaired) electrons. The molecular weight excluding hydrogens is 254 g/mol. The van der Waals surface area contributed by atoms with Gasteiger partial charge in [-0.05, 0) is 13.8 Å². The molecular formula is C11H19N3O3S. The summed E-state index contributed by atoms with van der Waals surface area (Å²) in [6.45, 7) is 7.80. The van der Waals surface area contributed by atoms with Gasteiger partial charge < -0.3 is 4.74 Å². The van der Waals surface area contributed by atoms with Gasteiger partial charge in [-0.25, -0.2) is 8.42 Å². The number of methoxy groups -OCH3 is 1. The fourth-order valence-corrected chi connectivity index (χ4v) is 3.42. The third-order valence-corrected chi connectivity index (χ3v) is 4.66. The van der Waals surface area contributed by atoms with Gasteiger partial charge >= 0.3 is 0 Å². The van der Waals surface area contributed by atoms with Gasteiger partial charge in [-0.3, -0.25) is 5.10 Å². The molecule has 0 saturated heterocycles. The predicted octanol–water partition coefficient (Wildman–Crippen LogP) is 0.850. The van der Waals surface area contributed by atoms with E-state index in [1.807, 2.05) is 0 Å². The van der Waals surface area contributed by atoms with Gasteiger partial charge in [0.1, 0.15) is 4.90 Å². The van der Waals surface area contributed by atoms with E-state index >= 15 is 0 Å². The van der Waals surface area contributed by atoms with Crippen molar-refractivity contribution in [3.63, 3.8) is 0 Å². The molecule has 0 bridgehead atoms. The van der Waals surface area contributed by atoms with Crippen molar-refractivity contribution < 1.29 is 13.2 Å². The number of sulfonamides is 1. The Morgan fingerprint density at radius 3 is 2.61 bits per heavy atom. The van der Waals surface area contributed by atoms with E-state index < -0.39 is 10.0 Å². The van der Waals surface area contributed by atoms with E-state index in [1.54, 1.807) is 19.9 Å². The SMILES string of the molecule is C=CCN(CCOC)S(=O)(=O)c1c(C)n[nH]c1C. The Kier molecular flexibility index (Phi) is 5.06. The quantitative estimate of drug-likeness (QED) is 0.747. The van der Waals surface area contributed by atoms with Gasteiger partial charge in [-0.1, -0.05) is 6.08 Å². The molecule has 0 unspecified atom stereocenters. The van der Waals surface area contributed by atoms with Crippen molar-refractivity contribution in [3.8, 4) is 0 Å². The summed E-state index contributed by atoms with van der Waals surface area (Å²) in [5.74, 6) is 0. The summed E-state index contributed by atoms with van der Waals surface area (Å²) >= 11 is 0. The molecule has 0 aliphatic rings. The van der Waals surface area contributed by atoms with Gasteiger partial charge in [0.25, 0.3) is 0 Å². The van der Waals surface area contributed by atoms with Gasteiger partial charge in [0.2, 0.25) is 10.0 Å². The van der Waals surface area contributed by atoms with Crippen LogP contribution < -0.4 is 0 Å². The van der Waals surface area contributed by atoms with Crippen LogP contribution in [-0.4, -0.2) is 49.7 Å². The molecule has 18 heavy (non-hydrogen) atoms. The number of aromatic nitrogens is 2. The lowest BCUT2D eigenvalue weighted by molar-refractivity contribution is 0.182. The van der Waals surface area contributed by atoms with E-state index in [0.29, 0.717) is 18.0 Å². The number of aromatic amines is 1. The number of nitrogens with one attached hydrogen (secondary N) is 1. The molecule has 0 saturated carbocycles. The molecule has 1 N–H and O–H groups in total. The summed E-state index contributed by atoms with van der Waals surface area (Å²) < 4.78 is 31.2. The number of ether oxygens (including phenoxy) is 1. The second-order valence-electron chi connectivity index (χ2n) is 3.91. The monoisotopic (exact) mass is 273 g/mol. The van der Waals surface area contributed by atoms with Crippen LogP contribution in [0.4, 0.5) is 0 Å². The summed E-state index contributed by atoms with van der Waals surface area (Å²) in [5.41, 5.74) is 1.01. The minimum atomic E-state index is -3.57. The summed E-state index contributed by atoms with van der Waals surface area (Å²) in [4.78, 5) is 0.237. The summed E-state index contributed by atoms with van der Waals surface area (Å²) in [6.07, 6.45) is 1.55. The van der Waals surface area contributed by atoms with Crippen molar-refractivity contribution in [2.45, 2.75) is 18.7 Å². The van der Waals surface area contributed by atoms with Gasteiger partial charge in [0, 0.05) is 20.2 Å². The minimum absolute atomic E-state index is 0.237. The smallest absolute Gasteiger partial charge is 0.247 e. The molecule has 1 aromatic rings. The van der Waals surface area contributed by atoms with Crippen LogP contribution in [0, 0.1) is 13.8 Å². The largest absolute Gasteiger partial charge is 0.383 e. The number of aryl methyl sites for hydroxylation is 2. The van der Waals surface area contributed by atoms with Crippen LogP contribution in [0.25, 0.3) is 0 Å². The van der Waals surface area contributed by atoms with Crippen LogP contribution in [0.1, 0.15) is 11.4 Å². The van der Waals surface area contributed by atoms with Gasteiger partial charge in [0.15, 0.2) is 0 Å². The Labute approximate surface area is 108 Å². The van der Waals surface area contributed by atoms with Gasteiger partial charge in [-0.15, -0.1) is 6.58 Å². The normalized spacial score (nSPS) is 12.0.